The summed E-state index contributed by atoms with van der Waals surface area (Å²) in [7, 11) is 0. The zero-order valence-electron chi connectivity index (χ0n) is 10.7. The number of amides is 1. The Balaban J connectivity index is 1.82. The fraction of sp³-hybridized carbons (Fsp3) is 0.333. The highest BCUT2D eigenvalue weighted by Crippen LogP contribution is 2.01. The molecule has 2 aromatic heterocycles. The summed E-state index contributed by atoms with van der Waals surface area (Å²) in [6, 6.07) is 5.22. The van der Waals surface area contributed by atoms with E-state index in [1.807, 2.05) is 19.2 Å². The minimum atomic E-state index is -0.234. The molecule has 2 heterocycles. The van der Waals surface area contributed by atoms with E-state index in [-0.39, 0.29) is 5.91 Å². The van der Waals surface area contributed by atoms with Crippen molar-refractivity contribution in [2.24, 2.45) is 0 Å². The number of aromatic nitrogens is 4. The number of nitrogens with one attached hydrogen (secondary N) is 2. The standard InChI is InChI=1S/C12H16N6O/c1-2-13-11-5-4-10(16-17-11)12(19)14-7-9-18-8-3-6-15-18/h3-6,8H,2,7,9H2,1H3,(H,13,17)(H,14,19). The summed E-state index contributed by atoms with van der Waals surface area (Å²) in [5.74, 6) is 0.429. The summed E-state index contributed by atoms with van der Waals surface area (Å²) in [5.41, 5.74) is 0.308. The first-order valence-corrected chi connectivity index (χ1v) is 6.13. The molecule has 0 bridgehead atoms. The molecule has 0 saturated carbocycles. The van der Waals surface area contributed by atoms with E-state index in [2.05, 4.69) is 25.9 Å². The van der Waals surface area contributed by atoms with Crippen molar-refractivity contribution in [3.05, 3.63) is 36.3 Å². The second-order valence-electron chi connectivity index (χ2n) is 3.86. The molecule has 1 amide bonds. The van der Waals surface area contributed by atoms with E-state index in [0.29, 0.717) is 24.6 Å². The molecule has 2 aromatic rings. The highest BCUT2D eigenvalue weighted by molar-refractivity contribution is 5.92. The van der Waals surface area contributed by atoms with Crippen LogP contribution in [0, 0.1) is 0 Å². The molecule has 0 unspecified atom stereocenters. The number of nitrogens with zero attached hydrogens (tertiary/aromatic N) is 4. The molecule has 0 atom stereocenters. The van der Waals surface area contributed by atoms with Gasteiger partial charge in [-0.15, -0.1) is 10.2 Å². The van der Waals surface area contributed by atoms with Gasteiger partial charge in [0.15, 0.2) is 5.69 Å². The molecule has 7 heteroatoms. The summed E-state index contributed by atoms with van der Waals surface area (Å²) in [4.78, 5) is 11.8. The largest absolute Gasteiger partial charge is 0.369 e. The lowest BCUT2D eigenvalue weighted by molar-refractivity contribution is 0.0946. The highest BCUT2D eigenvalue weighted by atomic mass is 16.1. The molecule has 7 nitrogen and oxygen atoms in total. The normalized spacial score (nSPS) is 10.2. The summed E-state index contributed by atoms with van der Waals surface area (Å²) in [6.45, 7) is 3.86. The van der Waals surface area contributed by atoms with Gasteiger partial charge in [-0.25, -0.2) is 0 Å². The first-order valence-electron chi connectivity index (χ1n) is 6.13. The highest BCUT2D eigenvalue weighted by Gasteiger charge is 2.07. The van der Waals surface area contributed by atoms with Crippen molar-refractivity contribution in [2.75, 3.05) is 18.4 Å². The molecular formula is C12H16N6O. The third-order valence-electron chi connectivity index (χ3n) is 2.44. The van der Waals surface area contributed by atoms with Crippen LogP contribution in [0.25, 0.3) is 0 Å². The number of carbonyl (C=O) groups is 1. The van der Waals surface area contributed by atoms with Crippen LogP contribution in [0.3, 0.4) is 0 Å². The quantitative estimate of drug-likeness (QED) is 0.791. The topological polar surface area (TPSA) is 84.7 Å². The summed E-state index contributed by atoms with van der Waals surface area (Å²) in [6.07, 6.45) is 3.55. The number of hydrogen-bond donors (Lipinski definition) is 2. The van der Waals surface area contributed by atoms with Crippen LogP contribution in [0.4, 0.5) is 5.82 Å². The van der Waals surface area contributed by atoms with Crippen LogP contribution >= 0.6 is 0 Å². The van der Waals surface area contributed by atoms with Gasteiger partial charge in [-0.1, -0.05) is 0 Å². The molecule has 0 aliphatic heterocycles. The molecule has 0 aromatic carbocycles. The van der Waals surface area contributed by atoms with Gasteiger partial charge in [-0.2, -0.15) is 5.10 Å². The molecule has 0 spiro atoms. The molecule has 0 aliphatic carbocycles. The lowest BCUT2D eigenvalue weighted by atomic mass is 10.3. The fourth-order valence-electron chi connectivity index (χ4n) is 1.54. The van der Waals surface area contributed by atoms with Crippen molar-refractivity contribution in [1.29, 1.82) is 0 Å². The van der Waals surface area contributed by atoms with Gasteiger partial charge in [-0.3, -0.25) is 9.48 Å². The average Bonchev–Trinajstić information content (AvgIpc) is 2.93. The second-order valence-corrected chi connectivity index (χ2v) is 3.86. The molecule has 0 fully saturated rings. The van der Waals surface area contributed by atoms with Crippen LogP contribution in [-0.4, -0.2) is 39.0 Å². The first kappa shape index (κ1) is 13.0. The number of rotatable bonds is 6. The third-order valence-corrected chi connectivity index (χ3v) is 2.44. The van der Waals surface area contributed by atoms with E-state index in [9.17, 15) is 4.79 Å². The maximum absolute atomic E-state index is 11.8. The lowest BCUT2D eigenvalue weighted by Crippen LogP contribution is -2.28. The SMILES string of the molecule is CCNc1ccc(C(=O)NCCn2cccn2)nn1. The lowest BCUT2D eigenvalue weighted by Gasteiger charge is -2.05. The van der Waals surface area contributed by atoms with Crippen LogP contribution < -0.4 is 10.6 Å². The smallest absolute Gasteiger partial charge is 0.271 e. The Bertz CT molecular complexity index is 508. The van der Waals surface area contributed by atoms with Crippen molar-refractivity contribution in [2.45, 2.75) is 13.5 Å². The molecular weight excluding hydrogens is 244 g/mol. The number of anilines is 1. The minimum Gasteiger partial charge on any atom is -0.369 e. The van der Waals surface area contributed by atoms with Crippen molar-refractivity contribution in [1.82, 2.24) is 25.3 Å². The Hall–Kier alpha value is -2.44. The van der Waals surface area contributed by atoms with Crippen molar-refractivity contribution < 1.29 is 4.79 Å². The van der Waals surface area contributed by atoms with Gasteiger partial charge in [0.05, 0.1) is 6.54 Å². The summed E-state index contributed by atoms with van der Waals surface area (Å²) < 4.78 is 1.75. The van der Waals surface area contributed by atoms with Crippen LogP contribution in [0.15, 0.2) is 30.6 Å². The van der Waals surface area contributed by atoms with Gasteiger partial charge >= 0.3 is 0 Å². The number of hydrogen-bond acceptors (Lipinski definition) is 5. The minimum absolute atomic E-state index is 0.234. The Morgan fingerprint density at radius 1 is 1.37 bits per heavy atom. The Labute approximate surface area is 111 Å². The van der Waals surface area contributed by atoms with Gasteiger partial charge < -0.3 is 10.6 Å². The monoisotopic (exact) mass is 260 g/mol. The van der Waals surface area contributed by atoms with E-state index < -0.39 is 0 Å². The molecule has 2 N–H and O–H groups in total. The van der Waals surface area contributed by atoms with Gasteiger partial charge in [0.25, 0.3) is 5.91 Å². The van der Waals surface area contributed by atoms with E-state index >= 15 is 0 Å². The van der Waals surface area contributed by atoms with Crippen LogP contribution in [0.1, 0.15) is 17.4 Å². The van der Waals surface area contributed by atoms with Crippen LogP contribution in [0.2, 0.25) is 0 Å². The maximum Gasteiger partial charge on any atom is 0.271 e. The average molecular weight is 260 g/mol. The molecule has 0 radical (unpaired) electrons. The molecule has 100 valence electrons. The maximum atomic E-state index is 11.8. The van der Waals surface area contributed by atoms with Gasteiger partial charge in [-0.05, 0) is 25.1 Å². The van der Waals surface area contributed by atoms with E-state index in [4.69, 9.17) is 0 Å². The van der Waals surface area contributed by atoms with Crippen molar-refractivity contribution in [3.8, 4) is 0 Å². The van der Waals surface area contributed by atoms with Gasteiger partial charge in [0.1, 0.15) is 5.82 Å². The molecule has 19 heavy (non-hydrogen) atoms. The molecule has 0 saturated heterocycles. The molecule has 2 rings (SSSR count). The van der Waals surface area contributed by atoms with Crippen LogP contribution in [-0.2, 0) is 6.54 Å². The number of carbonyl (C=O) groups excluding carboxylic acids is 1. The Morgan fingerprint density at radius 2 is 2.26 bits per heavy atom. The second kappa shape index (κ2) is 6.48. The van der Waals surface area contributed by atoms with E-state index in [1.54, 1.807) is 23.0 Å². The fourth-order valence-corrected chi connectivity index (χ4v) is 1.54. The predicted octanol–water partition coefficient (Wildman–Crippen LogP) is 0.535. The zero-order valence-corrected chi connectivity index (χ0v) is 10.7. The summed E-state index contributed by atoms with van der Waals surface area (Å²) >= 11 is 0. The zero-order chi connectivity index (χ0) is 13.5. The van der Waals surface area contributed by atoms with Gasteiger partial charge in [0, 0.05) is 25.5 Å². The Morgan fingerprint density at radius 3 is 2.89 bits per heavy atom. The van der Waals surface area contributed by atoms with Gasteiger partial charge in [0.2, 0.25) is 0 Å². The predicted molar refractivity (Wildman–Crippen MR) is 70.8 cm³/mol. The van der Waals surface area contributed by atoms with Crippen molar-refractivity contribution >= 4 is 11.7 Å². The van der Waals surface area contributed by atoms with Crippen molar-refractivity contribution in [3.63, 3.8) is 0 Å². The first-order chi connectivity index (χ1) is 9.29. The summed E-state index contributed by atoms with van der Waals surface area (Å²) in [5, 5.41) is 17.6. The van der Waals surface area contributed by atoms with Crippen LogP contribution in [0.5, 0.6) is 0 Å². The Kier molecular flexibility index (Phi) is 4.44. The third kappa shape index (κ3) is 3.77. The van der Waals surface area contributed by atoms with E-state index in [0.717, 1.165) is 6.54 Å². The van der Waals surface area contributed by atoms with E-state index in [1.165, 1.54) is 0 Å². The molecule has 0 aliphatic rings.